The van der Waals surface area contributed by atoms with E-state index in [1.165, 1.54) is 0 Å². The van der Waals surface area contributed by atoms with Crippen LogP contribution in [0.4, 0.5) is 4.79 Å². The highest BCUT2D eigenvalue weighted by molar-refractivity contribution is 6.76. The Bertz CT molecular complexity index is 893. The summed E-state index contributed by atoms with van der Waals surface area (Å²) in [5.74, 6) is 0.861. The SMILES string of the molecule is CC(C)(C)OC(=O)NC1CCC(Oc2ccnc3c2ccn3COCC[Si](C)(C)C)CC1. The number of aromatic nitrogens is 2. The Hall–Kier alpha value is -2.06. The van der Waals surface area contributed by atoms with E-state index in [9.17, 15) is 4.79 Å². The van der Waals surface area contributed by atoms with E-state index in [-0.39, 0.29) is 18.2 Å². The molecule has 0 unspecified atom stereocenters. The van der Waals surface area contributed by atoms with Crippen molar-refractivity contribution in [2.24, 2.45) is 0 Å². The molecule has 2 aromatic heterocycles. The Morgan fingerprint density at radius 3 is 2.56 bits per heavy atom. The molecule has 32 heavy (non-hydrogen) atoms. The highest BCUT2D eigenvalue weighted by Crippen LogP contribution is 2.29. The van der Waals surface area contributed by atoms with E-state index in [0.29, 0.717) is 6.73 Å². The smallest absolute Gasteiger partial charge is 0.407 e. The van der Waals surface area contributed by atoms with Crippen molar-refractivity contribution in [1.29, 1.82) is 0 Å². The summed E-state index contributed by atoms with van der Waals surface area (Å²) in [5, 5.41) is 3.99. The molecule has 1 aliphatic carbocycles. The minimum Gasteiger partial charge on any atom is -0.490 e. The van der Waals surface area contributed by atoms with Crippen LogP contribution in [0.25, 0.3) is 11.0 Å². The molecular weight excluding hydrogens is 422 g/mol. The van der Waals surface area contributed by atoms with Crippen molar-refractivity contribution in [3.8, 4) is 5.75 Å². The average molecular weight is 462 g/mol. The monoisotopic (exact) mass is 461 g/mol. The van der Waals surface area contributed by atoms with Crippen LogP contribution in [0.15, 0.2) is 24.5 Å². The summed E-state index contributed by atoms with van der Waals surface area (Å²) in [5.41, 5.74) is 0.406. The van der Waals surface area contributed by atoms with Crippen molar-refractivity contribution in [2.75, 3.05) is 6.61 Å². The lowest BCUT2D eigenvalue weighted by molar-refractivity contribution is 0.0471. The Kier molecular flexibility index (Phi) is 7.87. The van der Waals surface area contributed by atoms with E-state index >= 15 is 0 Å². The maximum absolute atomic E-state index is 12.0. The fourth-order valence-electron chi connectivity index (χ4n) is 3.79. The molecule has 0 aliphatic heterocycles. The van der Waals surface area contributed by atoms with Gasteiger partial charge >= 0.3 is 6.09 Å². The fourth-order valence-corrected chi connectivity index (χ4v) is 4.55. The minimum atomic E-state index is -1.09. The summed E-state index contributed by atoms with van der Waals surface area (Å²) in [6, 6.07) is 5.27. The van der Waals surface area contributed by atoms with E-state index in [2.05, 4.69) is 36.0 Å². The highest BCUT2D eigenvalue weighted by atomic mass is 28.3. The van der Waals surface area contributed by atoms with Crippen LogP contribution in [0.5, 0.6) is 5.75 Å². The van der Waals surface area contributed by atoms with E-state index in [0.717, 1.165) is 55.1 Å². The number of pyridine rings is 1. The quantitative estimate of drug-likeness (QED) is 0.411. The second-order valence-corrected chi connectivity index (χ2v) is 16.5. The zero-order valence-corrected chi connectivity index (χ0v) is 21.4. The maximum atomic E-state index is 12.0. The number of carbonyl (C=O) groups excluding carboxylic acids is 1. The van der Waals surface area contributed by atoms with Gasteiger partial charge in [0, 0.05) is 33.1 Å². The lowest BCUT2D eigenvalue weighted by Crippen LogP contribution is -2.42. The van der Waals surface area contributed by atoms with Crippen molar-refractivity contribution < 1.29 is 19.0 Å². The van der Waals surface area contributed by atoms with Crippen molar-refractivity contribution in [2.45, 2.75) is 96.6 Å². The number of nitrogens with zero attached hydrogens (tertiary/aromatic N) is 2. The van der Waals surface area contributed by atoms with Crippen molar-refractivity contribution >= 4 is 25.2 Å². The van der Waals surface area contributed by atoms with Crippen LogP contribution >= 0.6 is 0 Å². The molecule has 1 saturated carbocycles. The Labute approximate surface area is 192 Å². The van der Waals surface area contributed by atoms with Gasteiger partial charge in [-0.15, -0.1) is 0 Å². The molecule has 0 aromatic carbocycles. The molecule has 3 rings (SSSR count). The van der Waals surface area contributed by atoms with Crippen LogP contribution in [0.2, 0.25) is 25.7 Å². The molecule has 0 bridgehead atoms. The number of ether oxygens (including phenoxy) is 3. The summed E-state index contributed by atoms with van der Waals surface area (Å²) < 4.78 is 19.7. The van der Waals surface area contributed by atoms with Gasteiger partial charge in [-0.25, -0.2) is 9.78 Å². The number of alkyl carbamates (subject to hydrolysis) is 1. The minimum absolute atomic E-state index is 0.133. The predicted molar refractivity (Wildman–Crippen MR) is 130 cm³/mol. The lowest BCUT2D eigenvalue weighted by atomic mass is 9.93. The van der Waals surface area contributed by atoms with Gasteiger partial charge in [0.15, 0.2) is 0 Å². The average Bonchev–Trinajstić information content (AvgIpc) is 3.09. The standard InChI is InChI=1S/C24H39N3O4Si/c1-24(2,3)31-23(28)26-18-7-9-19(10-8-18)30-21-11-13-25-22-20(21)12-14-27(22)17-29-15-16-32(4,5)6/h11-14,18-19H,7-10,15-17H2,1-6H3,(H,26,28). The number of fused-ring (bicyclic) bond motifs is 1. The second kappa shape index (κ2) is 10.3. The van der Waals surface area contributed by atoms with E-state index < -0.39 is 13.7 Å². The molecule has 8 heteroatoms. The fraction of sp³-hybridized carbons (Fsp3) is 0.667. The molecule has 1 N–H and O–H groups in total. The number of hydrogen-bond donors (Lipinski definition) is 1. The van der Waals surface area contributed by atoms with Gasteiger partial charge in [0.05, 0.1) is 11.5 Å². The summed E-state index contributed by atoms with van der Waals surface area (Å²) in [4.78, 5) is 16.6. The van der Waals surface area contributed by atoms with Crippen LogP contribution in [-0.4, -0.2) is 48.1 Å². The van der Waals surface area contributed by atoms with Crippen LogP contribution in [0.1, 0.15) is 46.5 Å². The lowest BCUT2D eigenvalue weighted by Gasteiger charge is -2.30. The van der Waals surface area contributed by atoms with Gasteiger partial charge in [0.25, 0.3) is 0 Å². The van der Waals surface area contributed by atoms with Crippen LogP contribution in [-0.2, 0) is 16.2 Å². The third-order valence-electron chi connectivity index (χ3n) is 5.54. The van der Waals surface area contributed by atoms with Crippen molar-refractivity contribution in [1.82, 2.24) is 14.9 Å². The first-order chi connectivity index (χ1) is 15.0. The number of amides is 1. The Morgan fingerprint density at radius 2 is 1.91 bits per heavy atom. The Balaban J connectivity index is 1.51. The number of hydrogen-bond acceptors (Lipinski definition) is 5. The first kappa shape index (κ1) is 24.6. The number of nitrogens with one attached hydrogen (secondary N) is 1. The van der Waals surface area contributed by atoms with Gasteiger partial charge in [0.2, 0.25) is 0 Å². The third kappa shape index (κ3) is 7.51. The molecule has 1 aliphatic rings. The number of carbonyl (C=O) groups is 1. The molecular formula is C24H39N3O4Si. The molecule has 1 amide bonds. The highest BCUT2D eigenvalue weighted by Gasteiger charge is 2.26. The van der Waals surface area contributed by atoms with Crippen LogP contribution < -0.4 is 10.1 Å². The number of rotatable bonds is 8. The molecule has 0 spiro atoms. The normalized spacial score (nSPS) is 19.7. The Morgan fingerprint density at radius 1 is 1.19 bits per heavy atom. The van der Waals surface area contributed by atoms with Gasteiger partial charge in [0.1, 0.15) is 23.7 Å². The maximum Gasteiger partial charge on any atom is 0.407 e. The summed E-state index contributed by atoms with van der Waals surface area (Å²) in [6.07, 6.45) is 7.15. The van der Waals surface area contributed by atoms with E-state index in [1.54, 1.807) is 6.20 Å². The zero-order valence-electron chi connectivity index (χ0n) is 20.4. The molecule has 1 fully saturated rings. The summed E-state index contributed by atoms with van der Waals surface area (Å²) in [6.45, 7) is 14.0. The van der Waals surface area contributed by atoms with E-state index in [4.69, 9.17) is 14.2 Å². The van der Waals surface area contributed by atoms with Gasteiger partial charge < -0.3 is 24.1 Å². The van der Waals surface area contributed by atoms with Gasteiger partial charge in [-0.2, -0.15) is 0 Å². The largest absolute Gasteiger partial charge is 0.490 e. The molecule has 2 heterocycles. The van der Waals surface area contributed by atoms with Gasteiger partial charge in [-0.05, 0) is 64.6 Å². The molecule has 0 saturated heterocycles. The second-order valence-electron chi connectivity index (χ2n) is 10.9. The first-order valence-electron chi connectivity index (χ1n) is 11.7. The molecule has 7 nitrogen and oxygen atoms in total. The van der Waals surface area contributed by atoms with Gasteiger partial charge in [-0.1, -0.05) is 19.6 Å². The van der Waals surface area contributed by atoms with Gasteiger partial charge in [-0.3, -0.25) is 0 Å². The topological polar surface area (TPSA) is 74.6 Å². The van der Waals surface area contributed by atoms with E-state index in [1.807, 2.05) is 37.6 Å². The summed E-state index contributed by atoms with van der Waals surface area (Å²) >= 11 is 0. The molecule has 0 radical (unpaired) electrons. The summed E-state index contributed by atoms with van der Waals surface area (Å²) in [7, 11) is -1.09. The van der Waals surface area contributed by atoms with Crippen LogP contribution in [0, 0.1) is 0 Å². The molecule has 2 aromatic rings. The van der Waals surface area contributed by atoms with Crippen LogP contribution in [0.3, 0.4) is 0 Å². The molecule has 0 atom stereocenters. The predicted octanol–water partition coefficient (Wildman–Crippen LogP) is 5.56. The zero-order chi connectivity index (χ0) is 23.4. The van der Waals surface area contributed by atoms with Crippen molar-refractivity contribution in [3.05, 3.63) is 24.5 Å². The molecule has 178 valence electrons. The van der Waals surface area contributed by atoms with Crippen molar-refractivity contribution in [3.63, 3.8) is 0 Å². The third-order valence-corrected chi connectivity index (χ3v) is 7.24. The first-order valence-corrected chi connectivity index (χ1v) is 15.4.